The number of para-hydroxylation sites is 1. The van der Waals surface area contributed by atoms with Crippen molar-refractivity contribution in [3.05, 3.63) is 47.8 Å². The van der Waals surface area contributed by atoms with Crippen LogP contribution in [0.4, 0.5) is 11.4 Å². The summed E-state index contributed by atoms with van der Waals surface area (Å²) in [6.45, 7) is 3.84. The summed E-state index contributed by atoms with van der Waals surface area (Å²) >= 11 is 0. The van der Waals surface area contributed by atoms with Gasteiger partial charge in [-0.25, -0.2) is 8.42 Å². The highest BCUT2D eigenvalue weighted by molar-refractivity contribution is 7.92. The maximum Gasteiger partial charge on any atom is 0.265 e. The molecule has 0 saturated heterocycles. The summed E-state index contributed by atoms with van der Waals surface area (Å²) in [5, 5.41) is 0. The molecule has 0 aliphatic carbocycles. The standard InChI is InChI=1S/C14H18N4O2S/c1-3-11-6-4-5-10(2)14(11)18-21(19,20)13-9-16-8-7-12(13)17-15/h4-9,18H,3,15H2,1-2H3,(H,16,17). The van der Waals surface area contributed by atoms with Crippen LogP contribution in [-0.4, -0.2) is 13.4 Å². The van der Waals surface area contributed by atoms with E-state index in [1.165, 1.54) is 18.5 Å². The zero-order valence-corrected chi connectivity index (χ0v) is 12.7. The zero-order chi connectivity index (χ0) is 15.5. The second kappa shape index (κ2) is 6.11. The van der Waals surface area contributed by atoms with E-state index in [2.05, 4.69) is 15.1 Å². The number of aromatic nitrogens is 1. The number of nitrogen functional groups attached to an aromatic ring is 1. The van der Waals surface area contributed by atoms with E-state index >= 15 is 0 Å². The van der Waals surface area contributed by atoms with Crippen molar-refractivity contribution in [1.29, 1.82) is 0 Å². The number of nitrogens with two attached hydrogens (primary N) is 1. The predicted molar refractivity (Wildman–Crippen MR) is 83.4 cm³/mol. The van der Waals surface area contributed by atoms with Crippen LogP contribution in [0.1, 0.15) is 18.1 Å². The topological polar surface area (TPSA) is 97.1 Å². The third-order valence-corrected chi connectivity index (χ3v) is 4.58. The smallest absolute Gasteiger partial charge is 0.265 e. The van der Waals surface area contributed by atoms with Crippen LogP contribution in [-0.2, 0) is 16.4 Å². The third-order valence-electron chi connectivity index (χ3n) is 3.21. The fourth-order valence-electron chi connectivity index (χ4n) is 2.07. The first-order chi connectivity index (χ1) is 9.99. The van der Waals surface area contributed by atoms with Gasteiger partial charge in [0.05, 0.1) is 11.4 Å². The molecule has 0 bridgehead atoms. The predicted octanol–water partition coefficient (Wildman–Crippen LogP) is 2.04. The number of sulfonamides is 1. The Hall–Kier alpha value is -2.12. The number of hydrogen-bond donors (Lipinski definition) is 3. The van der Waals surface area contributed by atoms with E-state index in [9.17, 15) is 8.42 Å². The number of rotatable bonds is 5. The SMILES string of the molecule is CCc1cccc(C)c1NS(=O)(=O)c1cnccc1NN. The number of pyridine rings is 1. The van der Waals surface area contributed by atoms with Crippen LogP contribution < -0.4 is 16.0 Å². The normalized spacial score (nSPS) is 11.2. The van der Waals surface area contributed by atoms with Crippen molar-refractivity contribution in [3.63, 3.8) is 0 Å². The lowest BCUT2D eigenvalue weighted by molar-refractivity contribution is 0.601. The van der Waals surface area contributed by atoms with Gasteiger partial charge in [-0.05, 0) is 30.5 Å². The van der Waals surface area contributed by atoms with E-state index in [1.807, 2.05) is 32.0 Å². The van der Waals surface area contributed by atoms with Gasteiger partial charge in [-0.2, -0.15) is 0 Å². The monoisotopic (exact) mass is 306 g/mol. The lowest BCUT2D eigenvalue weighted by Gasteiger charge is -2.15. The van der Waals surface area contributed by atoms with E-state index < -0.39 is 10.0 Å². The molecular weight excluding hydrogens is 288 g/mol. The molecule has 1 aromatic heterocycles. The molecule has 0 radical (unpaired) electrons. The summed E-state index contributed by atoms with van der Waals surface area (Å²) in [4.78, 5) is 3.86. The minimum atomic E-state index is -3.77. The summed E-state index contributed by atoms with van der Waals surface area (Å²) < 4.78 is 27.7. The molecule has 0 amide bonds. The van der Waals surface area contributed by atoms with Crippen LogP contribution in [0.15, 0.2) is 41.6 Å². The Morgan fingerprint density at radius 1 is 1.29 bits per heavy atom. The van der Waals surface area contributed by atoms with Gasteiger partial charge in [0.1, 0.15) is 4.90 Å². The third kappa shape index (κ3) is 3.14. The minimum absolute atomic E-state index is 0.0119. The average Bonchev–Trinajstić information content (AvgIpc) is 2.49. The highest BCUT2D eigenvalue weighted by Crippen LogP contribution is 2.26. The molecule has 0 aliphatic rings. The molecule has 112 valence electrons. The van der Waals surface area contributed by atoms with E-state index in [-0.39, 0.29) is 4.90 Å². The van der Waals surface area contributed by atoms with Crippen molar-refractivity contribution in [2.24, 2.45) is 5.84 Å². The highest BCUT2D eigenvalue weighted by Gasteiger charge is 2.20. The minimum Gasteiger partial charge on any atom is -0.323 e. The van der Waals surface area contributed by atoms with Crippen molar-refractivity contribution in [3.8, 4) is 0 Å². The summed E-state index contributed by atoms with van der Waals surface area (Å²) in [5.41, 5.74) is 5.07. The van der Waals surface area contributed by atoms with E-state index in [1.54, 1.807) is 0 Å². The molecule has 2 rings (SSSR count). The molecule has 0 saturated carbocycles. The number of hydrogen-bond acceptors (Lipinski definition) is 5. The van der Waals surface area contributed by atoms with E-state index in [0.29, 0.717) is 11.4 Å². The fraction of sp³-hybridized carbons (Fsp3) is 0.214. The Balaban J connectivity index is 2.48. The molecule has 0 aliphatic heterocycles. The van der Waals surface area contributed by atoms with Crippen LogP contribution in [0.5, 0.6) is 0 Å². The molecule has 7 heteroatoms. The Bertz CT molecular complexity index is 744. The van der Waals surface area contributed by atoms with Crippen molar-refractivity contribution < 1.29 is 8.42 Å². The molecule has 0 atom stereocenters. The van der Waals surface area contributed by atoms with E-state index in [0.717, 1.165) is 17.5 Å². The highest BCUT2D eigenvalue weighted by atomic mass is 32.2. The van der Waals surface area contributed by atoms with Gasteiger partial charge in [0.15, 0.2) is 0 Å². The van der Waals surface area contributed by atoms with Gasteiger partial charge in [0.25, 0.3) is 10.0 Å². The fourth-order valence-corrected chi connectivity index (χ4v) is 3.36. The first-order valence-corrected chi connectivity index (χ1v) is 8.00. The number of hydrazine groups is 1. The quantitative estimate of drug-likeness (QED) is 0.580. The Morgan fingerprint density at radius 3 is 2.71 bits per heavy atom. The molecule has 4 N–H and O–H groups in total. The number of nitrogens with zero attached hydrogens (tertiary/aromatic N) is 1. The second-order valence-electron chi connectivity index (χ2n) is 4.58. The molecule has 1 aromatic carbocycles. The van der Waals surface area contributed by atoms with Crippen molar-refractivity contribution in [1.82, 2.24) is 4.98 Å². The van der Waals surface area contributed by atoms with Gasteiger partial charge in [-0.3, -0.25) is 15.5 Å². The van der Waals surface area contributed by atoms with Gasteiger partial charge in [-0.1, -0.05) is 25.1 Å². The molecular formula is C14H18N4O2S. The summed E-state index contributed by atoms with van der Waals surface area (Å²) in [7, 11) is -3.77. The average molecular weight is 306 g/mol. The Kier molecular flexibility index (Phi) is 4.44. The van der Waals surface area contributed by atoms with Crippen molar-refractivity contribution >= 4 is 21.4 Å². The van der Waals surface area contributed by atoms with Gasteiger partial charge in [0, 0.05) is 12.4 Å². The number of nitrogens with one attached hydrogen (secondary N) is 2. The van der Waals surface area contributed by atoms with Gasteiger partial charge < -0.3 is 5.43 Å². The second-order valence-corrected chi connectivity index (χ2v) is 6.24. The van der Waals surface area contributed by atoms with Gasteiger partial charge >= 0.3 is 0 Å². The summed E-state index contributed by atoms with van der Waals surface area (Å²) in [6, 6.07) is 7.18. The molecule has 0 unspecified atom stereocenters. The van der Waals surface area contributed by atoms with Crippen molar-refractivity contribution in [2.75, 3.05) is 10.1 Å². The number of aryl methyl sites for hydroxylation is 2. The maximum absolute atomic E-state index is 12.6. The number of anilines is 2. The van der Waals surface area contributed by atoms with Gasteiger partial charge in [0.2, 0.25) is 0 Å². The molecule has 2 aromatic rings. The van der Waals surface area contributed by atoms with Crippen LogP contribution in [0.3, 0.4) is 0 Å². The van der Waals surface area contributed by atoms with Crippen LogP contribution in [0, 0.1) is 6.92 Å². The summed E-state index contributed by atoms with van der Waals surface area (Å²) in [5.74, 6) is 5.36. The maximum atomic E-state index is 12.6. The number of benzene rings is 1. The van der Waals surface area contributed by atoms with Crippen LogP contribution >= 0.6 is 0 Å². The summed E-state index contributed by atoms with van der Waals surface area (Å²) in [6.07, 6.45) is 3.47. The Morgan fingerprint density at radius 2 is 2.05 bits per heavy atom. The molecule has 0 spiro atoms. The lowest BCUT2D eigenvalue weighted by atomic mass is 10.1. The molecule has 21 heavy (non-hydrogen) atoms. The van der Waals surface area contributed by atoms with E-state index in [4.69, 9.17) is 5.84 Å². The molecule has 6 nitrogen and oxygen atoms in total. The largest absolute Gasteiger partial charge is 0.323 e. The zero-order valence-electron chi connectivity index (χ0n) is 11.9. The first-order valence-electron chi connectivity index (χ1n) is 6.51. The lowest BCUT2D eigenvalue weighted by Crippen LogP contribution is -2.19. The molecule has 0 fully saturated rings. The van der Waals surface area contributed by atoms with Crippen molar-refractivity contribution in [2.45, 2.75) is 25.2 Å². The van der Waals surface area contributed by atoms with Gasteiger partial charge in [-0.15, -0.1) is 0 Å². The Labute approximate surface area is 124 Å². The molecule has 1 heterocycles. The first kappa shape index (κ1) is 15.3. The van der Waals surface area contributed by atoms with Crippen LogP contribution in [0.25, 0.3) is 0 Å². The van der Waals surface area contributed by atoms with Crippen LogP contribution in [0.2, 0.25) is 0 Å².